The molecular weight excluding hydrogens is 314 g/mol. The Kier molecular flexibility index (Phi) is 4.40. The number of benzene rings is 1. The van der Waals surface area contributed by atoms with Crippen molar-refractivity contribution in [2.45, 2.75) is 51.0 Å². The van der Waals surface area contributed by atoms with Gasteiger partial charge in [0, 0.05) is 43.2 Å². The smallest absolute Gasteiger partial charge is 0.322 e. The number of fused-ring (bicyclic) bond motifs is 1. The molecule has 1 aliphatic carbocycles. The minimum atomic E-state index is -0.0306. The van der Waals surface area contributed by atoms with E-state index in [-0.39, 0.29) is 18.0 Å². The molecule has 0 radical (unpaired) electrons. The number of nitrogens with one attached hydrogen (secondary N) is 1. The van der Waals surface area contributed by atoms with Gasteiger partial charge < -0.3 is 10.2 Å². The van der Waals surface area contributed by atoms with E-state index in [1.54, 1.807) is 0 Å². The second-order valence-corrected chi connectivity index (χ2v) is 7.77. The second kappa shape index (κ2) is 6.70. The Bertz CT molecular complexity index is 669. The van der Waals surface area contributed by atoms with Gasteiger partial charge in [-0.1, -0.05) is 38.0 Å². The van der Waals surface area contributed by atoms with Crippen molar-refractivity contribution in [1.82, 2.24) is 10.2 Å². The first-order chi connectivity index (χ1) is 12.1. The molecule has 3 aliphatic rings. The summed E-state index contributed by atoms with van der Waals surface area (Å²) in [6.07, 6.45) is 5.28. The number of carbonyl (C=O) groups is 2. The molecule has 2 atom stereocenters. The maximum Gasteiger partial charge on any atom is 0.322 e. The van der Waals surface area contributed by atoms with Crippen molar-refractivity contribution in [2.75, 3.05) is 24.5 Å². The number of para-hydroxylation sites is 1. The van der Waals surface area contributed by atoms with Gasteiger partial charge >= 0.3 is 6.03 Å². The predicted octanol–water partition coefficient (Wildman–Crippen LogP) is 3.11. The maximum absolute atomic E-state index is 12.8. The summed E-state index contributed by atoms with van der Waals surface area (Å²) in [5.41, 5.74) is 2.26. The van der Waals surface area contributed by atoms with E-state index in [1.807, 2.05) is 28.0 Å². The highest BCUT2D eigenvalue weighted by Gasteiger charge is 2.35. The molecule has 3 amide bonds. The standard InChI is InChI=1S/C20H27N3O2/c1-14-12-23(18-9-5-4-8-17(14)18)20(25)21-16-10-11-22(13-16)19(24)15-6-2-3-7-15/h4-5,8-9,14-16H,2-3,6-7,10-13H2,1H3,(H,21,25)/t14-,16-/m1/s1. The summed E-state index contributed by atoms with van der Waals surface area (Å²) in [5.74, 6) is 0.890. The minimum absolute atomic E-state index is 0.0306. The average Bonchev–Trinajstić information content (AvgIpc) is 3.35. The first-order valence-electron chi connectivity index (χ1n) is 9.59. The third-order valence-electron chi connectivity index (χ3n) is 5.99. The van der Waals surface area contributed by atoms with Gasteiger partial charge in [-0.25, -0.2) is 4.79 Å². The van der Waals surface area contributed by atoms with E-state index in [0.29, 0.717) is 18.4 Å². The Balaban J connectivity index is 1.36. The van der Waals surface area contributed by atoms with Gasteiger partial charge in [0.15, 0.2) is 0 Å². The van der Waals surface area contributed by atoms with E-state index in [1.165, 1.54) is 18.4 Å². The molecule has 1 aromatic rings. The molecule has 5 heteroatoms. The maximum atomic E-state index is 12.8. The van der Waals surface area contributed by atoms with Crippen LogP contribution in [0.25, 0.3) is 0 Å². The van der Waals surface area contributed by atoms with Gasteiger partial charge in [-0.15, -0.1) is 0 Å². The molecule has 25 heavy (non-hydrogen) atoms. The van der Waals surface area contributed by atoms with Crippen molar-refractivity contribution in [1.29, 1.82) is 0 Å². The molecule has 0 unspecified atom stereocenters. The van der Waals surface area contributed by atoms with Gasteiger partial charge in [0.05, 0.1) is 0 Å². The third kappa shape index (κ3) is 3.12. The number of hydrogen-bond donors (Lipinski definition) is 1. The molecule has 1 saturated carbocycles. The average molecular weight is 341 g/mol. The summed E-state index contributed by atoms with van der Waals surface area (Å²) in [6, 6.07) is 8.17. The quantitative estimate of drug-likeness (QED) is 0.898. The molecule has 2 aliphatic heterocycles. The molecule has 1 aromatic carbocycles. The van der Waals surface area contributed by atoms with Gasteiger partial charge in [0.1, 0.15) is 0 Å². The van der Waals surface area contributed by atoms with Crippen LogP contribution < -0.4 is 10.2 Å². The van der Waals surface area contributed by atoms with Gasteiger partial charge in [-0.05, 0) is 30.9 Å². The van der Waals surface area contributed by atoms with Crippen LogP contribution in [0.3, 0.4) is 0 Å². The summed E-state index contributed by atoms with van der Waals surface area (Å²) in [4.78, 5) is 29.1. The molecule has 134 valence electrons. The molecule has 4 rings (SSSR count). The van der Waals surface area contributed by atoms with Crippen LogP contribution in [0.15, 0.2) is 24.3 Å². The lowest BCUT2D eigenvalue weighted by molar-refractivity contribution is -0.134. The van der Waals surface area contributed by atoms with Crippen LogP contribution in [-0.2, 0) is 4.79 Å². The topological polar surface area (TPSA) is 52.7 Å². The zero-order valence-corrected chi connectivity index (χ0v) is 14.9. The van der Waals surface area contributed by atoms with Crippen LogP contribution in [0, 0.1) is 5.92 Å². The Hall–Kier alpha value is -2.04. The van der Waals surface area contributed by atoms with Crippen molar-refractivity contribution in [3.63, 3.8) is 0 Å². The molecule has 0 aromatic heterocycles. The van der Waals surface area contributed by atoms with E-state index in [9.17, 15) is 9.59 Å². The van der Waals surface area contributed by atoms with Crippen LogP contribution >= 0.6 is 0 Å². The summed E-state index contributed by atoms with van der Waals surface area (Å²) in [6.45, 7) is 4.31. The second-order valence-electron chi connectivity index (χ2n) is 7.77. The first-order valence-corrected chi connectivity index (χ1v) is 9.59. The minimum Gasteiger partial charge on any atom is -0.340 e. The van der Waals surface area contributed by atoms with Crippen LogP contribution in [0.2, 0.25) is 0 Å². The zero-order chi connectivity index (χ0) is 17.4. The van der Waals surface area contributed by atoms with E-state index in [0.717, 1.165) is 38.0 Å². The van der Waals surface area contributed by atoms with Crippen molar-refractivity contribution in [3.8, 4) is 0 Å². The molecule has 2 heterocycles. The predicted molar refractivity (Wildman–Crippen MR) is 97.7 cm³/mol. The van der Waals surface area contributed by atoms with E-state index in [4.69, 9.17) is 0 Å². The monoisotopic (exact) mass is 341 g/mol. The Morgan fingerprint density at radius 1 is 1.08 bits per heavy atom. The number of nitrogens with zero attached hydrogens (tertiary/aromatic N) is 2. The van der Waals surface area contributed by atoms with Crippen molar-refractivity contribution in [3.05, 3.63) is 29.8 Å². The van der Waals surface area contributed by atoms with Gasteiger partial charge in [-0.3, -0.25) is 9.69 Å². The normalized spacial score (nSPS) is 26.1. The molecule has 5 nitrogen and oxygen atoms in total. The lowest BCUT2D eigenvalue weighted by atomic mass is 10.0. The van der Waals surface area contributed by atoms with E-state index in [2.05, 4.69) is 18.3 Å². The summed E-state index contributed by atoms with van der Waals surface area (Å²) >= 11 is 0. The van der Waals surface area contributed by atoms with Crippen molar-refractivity contribution in [2.24, 2.45) is 5.92 Å². The Labute approximate surface area is 149 Å². The fourth-order valence-electron chi connectivity index (χ4n) is 4.57. The summed E-state index contributed by atoms with van der Waals surface area (Å²) < 4.78 is 0. The SMILES string of the molecule is C[C@@H]1CN(C(=O)N[C@@H]2CCN(C(=O)C3CCCC3)C2)c2ccccc21. The molecular formula is C20H27N3O2. The van der Waals surface area contributed by atoms with Crippen molar-refractivity contribution >= 4 is 17.6 Å². The van der Waals surface area contributed by atoms with Crippen LogP contribution in [0.1, 0.15) is 50.5 Å². The molecule has 0 spiro atoms. The highest BCUT2D eigenvalue weighted by atomic mass is 16.2. The Morgan fingerprint density at radius 2 is 1.84 bits per heavy atom. The number of carbonyl (C=O) groups excluding carboxylic acids is 2. The largest absolute Gasteiger partial charge is 0.340 e. The summed E-state index contributed by atoms with van der Waals surface area (Å²) in [7, 11) is 0. The first kappa shape index (κ1) is 16.4. The van der Waals surface area contributed by atoms with Gasteiger partial charge in [-0.2, -0.15) is 0 Å². The molecule has 2 fully saturated rings. The number of hydrogen-bond acceptors (Lipinski definition) is 2. The number of urea groups is 1. The van der Waals surface area contributed by atoms with Gasteiger partial charge in [0.25, 0.3) is 0 Å². The lowest BCUT2D eigenvalue weighted by Crippen LogP contribution is -2.46. The molecule has 1 saturated heterocycles. The van der Waals surface area contributed by atoms with Crippen LogP contribution in [0.5, 0.6) is 0 Å². The fraction of sp³-hybridized carbons (Fsp3) is 0.600. The number of rotatable bonds is 2. The zero-order valence-electron chi connectivity index (χ0n) is 14.9. The van der Waals surface area contributed by atoms with Crippen LogP contribution in [-0.4, -0.2) is 42.5 Å². The highest BCUT2D eigenvalue weighted by molar-refractivity contribution is 5.95. The third-order valence-corrected chi connectivity index (χ3v) is 5.99. The fourth-order valence-corrected chi connectivity index (χ4v) is 4.57. The Morgan fingerprint density at radius 3 is 2.64 bits per heavy atom. The van der Waals surface area contributed by atoms with Crippen molar-refractivity contribution < 1.29 is 9.59 Å². The molecule has 0 bridgehead atoms. The lowest BCUT2D eigenvalue weighted by Gasteiger charge is -2.23. The highest BCUT2D eigenvalue weighted by Crippen LogP contribution is 2.35. The molecule has 1 N–H and O–H groups in total. The number of anilines is 1. The van der Waals surface area contributed by atoms with E-state index < -0.39 is 0 Å². The van der Waals surface area contributed by atoms with E-state index >= 15 is 0 Å². The number of likely N-dealkylation sites (tertiary alicyclic amines) is 1. The number of amides is 3. The van der Waals surface area contributed by atoms with Crippen LogP contribution in [0.4, 0.5) is 10.5 Å². The van der Waals surface area contributed by atoms with Gasteiger partial charge in [0.2, 0.25) is 5.91 Å². The summed E-state index contributed by atoms with van der Waals surface area (Å²) in [5, 5.41) is 3.15.